The van der Waals surface area contributed by atoms with Crippen molar-refractivity contribution < 1.29 is 0 Å². The smallest absolute Gasteiger partial charge is 0.0788 e. The number of rotatable bonds is 3. The van der Waals surface area contributed by atoms with Crippen molar-refractivity contribution in [2.45, 2.75) is 13.0 Å². The number of anilines is 1. The Labute approximate surface area is 99.6 Å². The van der Waals surface area contributed by atoms with E-state index in [9.17, 15) is 0 Å². The normalized spacial score (nSPS) is 11.9. The molecule has 3 heteroatoms. The SMILES string of the molecule is C#CCN(C)c1ccc(Br)cc1C(C)N. The lowest BCUT2D eigenvalue weighted by Crippen LogP contribution is -2.20. The van der Waals surface area contributed by atoms with E-state index in [1.54, 1.807) is 0 Å². The van der Waals surface area contributed by atoms with E-state index < -0.39 is 0 Å². The highest BCUT2D eigenvalue weighted by Gasteiger charge is 2.10. The lowest BCUT2D eigenvalue weighted by Gasteiger charge is -2.22. The minimum atomic E-state index is -0.00211. The summed E-state index contributed by atoms with van der Waals surface area (Å²) < 4.78 is 1.03. The van der Waals surface area contributed by atoms with Crippen LogP contribution in [0.5, 0.6) is 0 Å². The highest BCUT2D eigenvalue weighted by molar-refractivity contribution is 9.10. The molecule has 1 aromatic rings. The molecule has 0 spiro atoms. The van der Waals surface area contributed by atoms with Crippen LogP contribution in [0.4, 0.5) is 5.69 Å². The van der Waals surface area contributed by atoms with Crippen LogP contribution in [-0.2, 0) is 0 Å². The van der Waals surface area contributed by atoms with Crippen molar-refractivity contribution in [1.82, 2.24) is 0 Å². The number of hydrogen-bond acceptors (Lipinski definition) is 2. The van der Waals surface area contributed by atoms with Gasteiger partial charge in [-0.2, -0.15) is 0 Å². The fourth-order valence-corrected chi connectivity index (χ4v) is 1.84. The van der Waals surface area contributed by atoms with Gasteiger partial charge in [0.25, 0.3) is 0 Å². The molecule has 0 aromatic heterocycles. The summed E-state index contributed by atoms with van der Waals surface area (Å²) in [6.45, 7) is 2.55. The second-order valence-corrected chi connectivity index (χ2v) is 4.47. The Hall–Kier alpha value is -0.980. The topological polar surface area (TPSA) is 29.3 Å². The lowest BCUT2D eigenvalue weighted by molar-refractivity contribution is 0.809. The number of benzene rings is 1. The Kier molecular flexibility index (Phi) is 4.19. The van der Waals surface area contributed by atoms with Crippen LogP contribution >= 0.6 is 15.9 Å². The van der Waals surface area contributed by atoms with Gasteiger partial charge in [-0.1, -0.05) is 21.9 Å². The third kappa shape index (κ3) is 2.98. The molecule has 80 valence electrons. The van der Waals surface area contributed by atoms with Gasteiger partial charge in [-0.3, -0.25) is 0 Å². The van der Waals surface area contributed by atoms with Crippen LogP contribution in [0.2, 0.25) is 0 Å². The monoisotopic (exact) mass is 266 g/mol. The minimum absolute atomic E-state index is 0.00211. The first-order chi connectivity index (χ1) is 7.06. The van der Waals surface area contributed by atoms with Crippen LogP contribution in [-0.4, -0.2) is 13.6 Å². The first-order valence-electron chi connectivity index (χ1n) is 4.76. The van der Waals surface area contributed by atoms with E-state index in [0.717, 1.165) is 15.7 Å². The zero-order valence-corrected chi connectivity index (χ0v) is 10.6. The molecule has 0 heterocycles. The lowest BCUT2D eigenvalue weighted by atomic mass is 10.1. The number of terminal acetylenes is 1. The molecule has 15 heavy (non-hydrogen) atoms. The number of nitrogens with two attached hydrogens (primary N) is 1. The number of halogens is 1. The van der Waals surface area contributed by atoms with Gasteiger partial charge in [-0.05, 0) is 30.7 Å². The molecule has 0 fully saturated rings. The maximum Gasteiger partial charge on any atom is 0.0788 e. The Balaban J connectivity index is 3.12. The van der Waals surface area contributed by atoms with Crippen molar-refractivity contribution in [3.05, 3.63) is 28.2 Å². The molecule has 1 rings (SSSR count). The second-order valence-electron chi connectivity index (χ2n) is 3.55. The Morgan fingerprint density at radius 3 is 2.80 bits per heavy atom. The van der Waals surface area contributed by atoms with Gasteiger partial charge >= 0.3 is 0 Å². The van der Waals surface area contributed by atoms with Crippen LogP contribution < -0.4 is 10.6 Å². The average Bonchev–Trinajstić information content (AvgIpc) is 2.17. The summed E-state index contributed by atoms with van der Waals surface area (Å²) in [6, 6.07) is 6.05. The van der Waals surface area contributed by atoms with Gasteiger partial charge in [0.05, 0.1) is 6.54 Å². The summed E-state index contributed by atoms with van der Waals surface area (Å²) in [5.74, 6) is 2.62. The van der Waals surface area contributed by atoms with Gasteiger partial charge in [0.1, 0.15) is 0 Å². The van der Waals surface area contributed by atoms with Crippen LogP contribution in [0.1, 0.15) is 18.5 Å². The van der Waals surface area contributed by atoms with E-state index in [-0.39, 0.29) is 6.04 Å². The number of nitrogens with zero attached hydrogens (tertiary/aromatic N) is 1. The predicted molar refractivity (Wildman–Crippen MR) is 68.8 cm³/mol. The van der Waals surface area contributed by atoms with E-state index in [0.29, 0.717) is 6.54 Å². The second kappa shape index (κ2) is 5.20. The molecular weight excluding hydrogens is 252 g/mol. The van der Waals surface area contributed by atoms with Crippen molar-refractivity contribution in [1.29, 1.82) is 0 Å². The maximum atomic E-state index is 5.92. The molecule has 1 unspecified atom stereocenters. The predicted octanol–water partition coefficient (Wildman–Crippen LogP) is 2.54. The molecule has 0 aliphatic carbocycles. The van der Waals surface area contributed by atoms with Crippen molar-refractivity contribution in [3.63, 3.8) is 0 Å². The molecule has 1 atom stereocenters. The molecule has 1 aromatic carbocycles. The number of hydrogen-bond donors (Lipinski definition) is 1. The minimum Gasteiger partial charge on any atom is -0.363 e. The van der Waals surface area contributed by atoms with Gasteiger partial charge in [-0.25, -0.2) is 0 Å². The summed E-state index contributed by atoms with van der Waals surface area (Å²) >= 11 is 3.44. The summed E-state index contributed by atoms with van der Waals surface area (Å²) in [4.78, 5) is 2.02. The Bertz CT molecular complexity index is 380. The van der Waals surface area contributed by atoms with E-state index in [1.165, 1.54) is 0 Å². The maximum absolute atomic E-state index is 5.92. The van der Waals surface area contributed by atoms with Crippen molar-refractivity contribution in [2.75, 3.05) is 18.5 Å². The molecule has 0 radical (unpaired) electrons. The van der Waals surface area contributed by atoms with Crippen LogP contribution in [0, 0.1) is 12.3 Å². The van der Waals surface area contributed by atoms with Crippen LogP contribution in [0.25, 0.3) is 0 Å². The van der Waals surface area contributed by atoms with Crippen molar-refractivity contribution in [3.8, 4) is 12.3 Å². The average molecular weight is 267 g/mol. The molecule has 0 bridgehead atoms. The van der Waals surface area contributed by atoms with E-state index in [1.807, 2.05) is 37.1 Å². The molecule has 2 nitrogen and oxygen atoms in total. The molecule has 0 aliphatic heterocycles. The standard InChI is InChI=1S/C12H15BrN2/c1-4-7-15(3)12-6-5-10(13)8-11(12)9(2)14/h1,5-6,8-9H,7,14H2,2-3H3. The van der Waals surface area contributed by atoms with Crippen LogP contribution in [0.15, 0.2) is 22.7 Å². The summed E-state index contributed by atoms with van der Waals surface area (Å²) in [6.07, 6.45) is 5.29. The molecule has 0 saturated heterocycles. The van der Waals surface area contributed by atoms with Gasteiger partial charge < -0.3 is 10.6 Å². The molecule has 2 N–H and O–H groups in total. The Morgan fingerprint density at radius 2 is 2.27 bits per heavy atom. The quantitative estimate of drug-likeness (QED) is 0.853. The van der Waals surface area contributed by atoms with Gasteiger partial charge in [0.15, 0.2) is 0 Å². The first kappa shape index (κ1) is 12.1. The fourth-order valence-electron chi connectivity index (χ4n) is 1.46. The van der Waals surface area contributed by atoms with Gasteiger partial charge in [0, 0.05) is 23.2 Å². The van der Waals surface area contributed by atoms with Gasteiger partial charge in [0.2, 0.25) is 0 Å². The third-order valence-corrected chi connectivity index (χ3v) is 2.71. The largest absolute Gasteiger partial charge is 0.363 e. The third-order valence-electron chi connectivity index (χ3n) is 2.22. The highest BCUT2D eigenvalue weighted by Crippen LogP contribution is 2.27. The van der Waals surface area contributed by atoms with Crippen molar-refractivity contribution >= 4 is 21.6 Å². The molecular formula is C12H15BrN2. The fraction of sp³-hybridized carbons (Fsp3) is 0.333. The summed E-state index contributed by atoms with van der Waals surface area (Å²) in [7, 11) is 1.97. The zero-order chi connectivity index (χ0) is 11.4. The Morgan fingerprint density at radius 1 is 1.60 bits per heavy atom. The molecule has 0 saturated carbocycles. The zero-order valence-electron chi connectivity index (χ0n) is 9.00. The van der Waals surface area contributed by atoms with Crippen molar-refractivity contribution in [2.24, 2.45) is 5.73 Å². The van der Waals surface area contributed by atoms with E-state index in [2.05, 4.69) is 21.9 Å². The molecule has 0 amide bonds. The summed E-state index contributed by atoms with van der Waals surface area (Å²) in [5, 5.41) is 0. The summed E-state index contributed by atoms with van der Waals surface area (Å²) in [5.41, 5.74) is 8.11. The highest BCUT2D eigenvalue weighted by atomic mass is 79.9. The van der Waals surface area contributed by atoms with E-state index in [4.69, 9.17) is 12.2 Å². The van der Waals surface area contributed by atoms with E-state index >= 15 is 0 Å². The van der Waals surface area contributed by atoms with Crippen LogP contribution in [0.3, 0.4) is 0 Å². The van der Waals surface area contributed by atoms with Gasteiger partial charge in [-0.15, -0.1) is 6.42 Å². The molecule has 0 aliphatic rings. The first-order valence-corrected chi connectivity index (χ1v) is 5.55.